The molecule has 1 N–H and O–H groups in total. The molecule has 0 radical (unpaired) electrons. The molecule has 2 nitrogen and oxygen atoms in total. The molecule has 0 heterocycles. The molecule has 0 aliphatic rings. The zero-order valence-electron chi connectivity index (χ0n) is 10.4. The van der Waals surface area contributed by atoms with Crippen LogP contribution in [-0.4, -0.2) is 0 Å². The lowest BCUT2D eigenvalue weighted by molar-refractivity contribution is 0.612. The molecule has 2 aromatic rings. The molecule has 0 atom stereocenters. The Morgan fingerprint density at radius 3 is 2.79 bits per heavy atom. The number of nitriles is 1. The Morgan fingerprint density at radius 2 is 2.05 bits per heavy atom. The summed E-state index contributed by atoms with van der Waals surface area (Å²) in [5.41, 5.74) is 2.73. The lowest BCUT2D eigenvalue weighted by atomic mass is 10.1. The Hall–Kier alpha value is -2.05. The van der Waals surface area contributed by atoms with Crippen LogP contribution in [0.5, 0.6) is 0 Å². The minimum absolute atomic E-state index is 0.243. The topological polar surface area (TPSA) is 35.8 Å². The summed E-state index contributed by atoms with van der Waals surface area (Å²) in [5.74, 6) is -0.243. The highest BCUT2D eigenvalue weighted by Gasteiger charge is 2.04. The zero-order chi connectivity index (χ0) is 13.8. The number of rotatable bonds is 3. The van der Waals surface area contributed by atoms with Crippen LogP contribution in [0.25, 0.3) is 0 Å². The molecule has 0 spiro atoms. The second kappa shape index (κ2) is 5.73. The van der Waals surface area contributed by atoms with Gasteiger partial charge >= 0.3 is 0 Å². The smallest absolute Gasteiger partial charge is 0.128 e. The Morgan fingerprint density at radius 1 is 1.26 bits per heavy atom. The van der Waals surface area contributed by atoms with Gasteiger partial charge in [0.2, 0.25) is 0 Å². The third-order valence-corrected chi connectivity index (χ3v) is 3.10. The van der Waals surface area contributed by atoms with E-state index >= 15 is 0 Å². The minimum atomic E-state index is -0.243. The number of hydrogen-bond donors (Lipinski definition) is 1. The maximum atomic E-state index is 13.6. The van der Waals surface area contributed by atoms with Crippen LogP contribution in [0.15, 0.2) is 36.4 Å². The van der Waals surface area contributed by atoms with Crippen molar-refractivity contribution in [2.24, 2.45) is 0 Å². The van der Waals surface area contributed by atoms with Crippen molar-refractivity contribution in [1.29, 1.82) is 5.26 Å². The maximum Gasteiger partial charge on any atom is 0.128 e. The molecular formula is C15H12ClFN2. The van der Waals surface area contributed by atoms with Gasteiger partial charge in [0.15, 0.2) is 0 Å². The van der Waals surface area contributed by atoms with E-state index in [1.54, 1.807) is 30.3 Å². The lowest BCUT2D eigenvalue weighted by Crippen LogP contribution is -2.02. The Balaban J connectivity index is 2.15. The van der Waals surface area contributed by atoms with E-state index in [1.807, 2.05) is 13.0 Å². The van der Waals surface area contributed by atoms with Crippen LogP contribution < -0.4 is 5.32 Å². The van der Waals surface area contributed by atoms with Crippen LogP contribution in [0.1, 0.15) is 16.7 Å². The molecule has 0 bridgehead atoms. The number of anilines is 1. The van der Waals surface area contributed by atoms with Gasteiger partial charge in [0.1, 0.15) is 11.9 Å². The van der Waals surface area contributed by atoms with Crippen molar-refractivity contribution < 1.29 is 4.39 Å². The largest absolute Gasteiger partial charge is 0.381 e. The van der Waals surface area contributed by atoms with E-state index < -0.39 is 0 Å². The van der Waals surface area contributed by atoms with E-state index in [1.165, 1.54) is 6.07 Å². The van der Waals surface area contributed by atoms with Gasteiger partial charge < -0.3 is 5.32 Å². The molecule has 96 valence electrons. The quantitative estimate of drug-likeness (QED) is 0.907. The van der Waals surface area contributed by atoms with Gasteiger partial charge in [0, 0.05) is 17.8 Å². The summed E-state index contributed by atoms with van der Waals surface area (Å²) in [6.07, 6.45) is 0. The molecule has 2 rings (SSSR count). The van der Waals surface area contributed by atoms with Crippen LogP contribution in [-0.2, 0) is 6.54 Å². The third-order valence-electron chi connectivity index (χ3n) is 2.77. The molecule has 19 heavy (non-hydrogen) atoms. The molecule has 2 aromatic carbocycles. The van der Waals surface area contributed by atoms with Gasteiger partial charge in [-0.2, -0.15) is 5.26 Å². The van der Waals surface area contributed by atoms with Gasteiger partial charge in [0.25, 0.3) is 0 Å². The van der Waals surface area contributed by atoms with Gasteiger partial charge in [-0.1, -0.05) is 29.3 Å². The molecule has 0 unspecified atom stereocenters. The molecule has 0 aliphatic carbocycles. The highest BCUT2D eigenvalue weighted by atomic mass is 35.5. The number of benzene rings is 2. The van der Waals surface area contributed by atoms with Crippen molar-refractivity contribution in [2.75, 3.05) is 5.32 Å². The summed E-state index contributed by atoms with van der Waals surface area (Å²) in [4.78, 5) is 0. The highest BCUT2D eigenvalue weighted by molar-refractivity contribution is 6.31. The summed E-state index contributed by atoms with van der Waals surface area (Å²) in [5, 5.41) is 12.4. The highest BCUT2D eigenvalue weighted by Crippen LogP contribution is 2.20. The summed E-state index contributed by atoms with van der Waals surface area (Å²) < 4.78 is 13.6. The van der Waals surface area contributed by atoms with Crippen LogP contribution in [0.2, 0.25) is 5.02 Å². The Labute approximate surface area is 116 Å². The third kappa shape index (κ3) is 3.24. The SMILES string of the molecule is Cc1ccc(F)c(CNc2ccc(Cl)c(C#N)c2)c1. The molecule has 4 heteroatoms. The first-order valence-electron chi connectivity index (χ1n) is 5.78. The predicted octanol–water partition coefficient (Wildman–Crippen LogP) is 4.27. The van der Waals surface area contributed by atoms with E-state index in [0.717, 1.165) is 11.3 Å². The van der Waals surface area contributed by atoms with Crippen molar-refractivity contribution >= 4 is 17.3 Å². The lowest BCUT2D eigenvalue weighted by Gasteiger charge is -2.09. The number of nitrogens with one attached hydrogen (secondary N) is 1. The standard InChI is InChI=1S/C15H12ClFN2/c1-10-2-5-15(17)12(6-10)9-19-13-3-4-14(16)11(7-13)8-18/h2-7,19H,9H2,1H3. The second-order valence-corrected chi connectivity index (χ2v) is 4.66. The van der Waals surface area contributed by atoms with Gasteiger partial charge in [-0.3, -0.25) is 0 Å². The molecule has 0 saturated heterocycles. The average Bonchev–Trinajstić information content (AvgIpc) is 2.41. The van der Waals surface area contributed by atoms with Crippen LogP contribution in [0.3, 0.4) is 0 Å². The molecule has 0 saturated carbocycles. The van der Waals surface area contributed by atoms with Gasteiger partial charge in [0.05, 0.1) is 10.6 Å². The van der Waals surface area contributed by atoms with E-state index in [9.17, 15) is 4.39 Å². The van der Waals surface area contributed by atoms with Crippen molar-refractivity contribution in [2.45, 2.75) is 13.5 Å². The summed E-state index contributed by atoms with van der Waals surface area (Å²) in [6, 6.07) is 12.0. The van der Waals surface area contributed by atoms with E-state index in [-0.39, 0.29) is 5.82 Å². The van der Waals surface area contributed by atoms with Gasteiger partial charge in [-0.05, 0) is 31.2 Å². The first kappa shape index (κ1) is 13.4. The zero-order valence-corrected chi connectivity index (χ0v) is 11.1. The first-order valence-corrected chi connectivity index (χ1v) is 6.16. The monoisotopic (exact) mass is 274 g/mol. The first-order chi connectivity index (χ1) is 9.10. The molecule has 0 fully saturated rings. The number of halogens is 2. The predicted molar refractivity (Wildman–Crippen MR) is 74.6 cm³/mol. The maximum absolute atomic E-state index is 13.6. The van der Waals surface area contributed by atoms with E-state index in [0.29, 0.717) is 22.7 Å². The number of nitrogens with zero attached hydrogens (tertiary/aromatic N) is 1. The number of aryl methyl sites for hydroxylation is 1. The van der Waals surface area contributed by atoms with Crippen molar-refractivity contribution in [3.8, 4) is 6.07 Å². The second-order valence-electron chi connectivity index (χ2n) is 4.25. The van der Waals surface area contributed by atoms with E-state index in [4.69, 9.17) is 16.9 Å². The van der Waals surface area contributed by atoms with Crippen LogP contribution >= 0.6 is 11.6 Å². The number of hydrogen-bond acceptors (Lipinski definition) is 2. The van der Waals surface area contributed by atoms with E-state index in [2.05, 4.69) is 5.32 Å². The van der Waals surface area contributed by atoms with Gasteiger partial charge in [-0.15, -0.1) is 0 Å². The molecule has 0 aromatic heterocycles. The van der Waals surface area contributed by atoms with Gasteiger partial charge in [-0.25, -0.2) is 4.39 Å². The minimum Gasteiger partial charge on any atom is -0.381 e. The average molecular weight is 275 g/mol. The molecule has 0 aliphatic heterocycles. The Bertz CT molecular complexity index is 647. The fraction of sp³-hybridized carbons (Fsp3) is 0.133. The summed E-state index contributed by atoms with van der Waals surface area (Å²) in [6.45, 7) is 2.28. The van der Waals surface area contributed by atoms with Crippen molar-refractivity contribution in [3.05, 3.63) is 63.9 Å². The Kier molecular flexibility index (Phi) is 4.03. The summed E-state index contributed by atoms with van der Waals surface area (Å²) >= 11 is 5.85. The fourth-order valence-electron chi connectivity index (χ4n) is 1.76. The molecule has 0 amide bonds. The van der Waals surface area contributed by atoms with Crippen LogP contribution in [0.4, 0.5) is 10.1 Å². The van der Waals surface area contributed by atoms with Crippen LogP contribution in [0, 0.1) is 24.1 Å². The fourth-order valence-corrected chi connectivity index (χ4v) is 1.92. The summed E-state index contributed by atoms with van der Waals surface area (Å²) in [7, 11) is 0. The van der Waals surface area contributed by atoms with Crippen molar-refractivity contribution in [1.82, 2.24) is 0 Å². The molecular weight excluding hydrogens is 263 g/mol. The van der Waals surface area contributed by atoms with Crippen molar-refractivity contribution in [3.63, 3.8) is 0 Å². The normalized spacial score (nSPS) is 10.0.